The van der Waals surface area contributed by atoms with Crippen molar-refractivity contribution in [3.8, 4) is 0 Å². The molecule has 0 saturated carbocycles. The first-order valence-corrected chi connectivity index (χ1v) is 18.0. The van der Waals surface area contributed by atoms with E-state index < -0.39 is 5.60 Å². The molecule has 53 heavy (non-hydrogen) atoms. The molecule has 14 nitrogen and oxygen atoms in total. The minimum absolute atomic E-state index is 0.0316. The highest BCUT2D eigenvalue weighted by atomic mass is 35.5. The lowest BCUT2D eigenvalue weighted by Gasteiger charge is -2.34. The first-order chi connectivity index (χ1) is 24.9. The van der Waals surface area contributed by atoms with Crippen LogP contribution in [0.5, 0.6) is 0 Å². The molecule has 7 N–H and O–H groups in total. The number of piperidine rings is 1. The molecule has 1 unspecified atom stereocenters. The number of amides is 1. The summed E-state index contributed by atoms with van der Waals surface area (Å²) >= 11 is 29.5. The highest BCUT2D eigenvalue weighted by Crippen LogP contribution is 2.26. The summed E-state index contributed by atoms with van der Waals surface area (Å²) in [6.07, 6.45) is 1.47. The molecule has 2 aromatic carbocycles. The molecule has 5 rings (SSSR count). The van der Waals surface area contributed by atoms with Crippen LogP contribution in [0, 0.1) is 13.8 Å². The Balaban J connectivity index is 0.000000267. The second kappa shape index (κ2) is 18.6. The molecule has 0 spiro atoms. The fraction of sp³-hybridized carbons (Fsp3) is 0.324. The largest absolute Gasteiger partial charge is 0.444 e. The fourth-order valence-electron chi connectivity index (χ4n) is 4.75. The molecule has 0 aliphatic carbocycles. The Hall–Kier alpha value is -4.34. The number of nitrogens with two attached hydrogens (primary N) is 2. The van der Waals surface area contributed by atoms with Crippen molar-refractivity contribution in [2.24, 2.45) is 21.5 Å². The normalized spacial score (nSPS) is 14.9. The number of rotatable bonds is 6. The molecule has 0 bridgehead atoms. The third-order valence-corrected chi connectivity index (χ3v) is 8.58. The first-order valence-electron chi connectivity index (χ1n) is 16.2. The van der Waals surface area contributed by atoms with E-state index >= 15 is 0 Å². The van der Waals surface area contributed by atoms with E-state index in [9.17, 15) is 4.79 Å². The molecule has 1 aliphatic rings. The Morgan fingerprint density at radius 2 is 1.32 bits per heavy atom. The predicted molar refractivity (Wildman–Crippen MR) is 216 cm³/mol. The lowest BCUT2D eigenvalue weighted by Crippen LogP contribution is -2.47. The van der Waals surface area contributed by atoms with E-state index in [1.807, 2.05) is 33.8 Å². The molecule has 2 aromatic heterocycles. The Morgan fingerprint density at radius 3 is 1.83 bits per heavy atom. The number of ether oxygens (including phenoxy) is 1. The molecular weight excluding hydrogens is 786 g/mol. The Bertz CT molecular complexity index is 1970. The van der Waals surface area contributed by atoms with Crippen LogP contribution in [0.3, 0.4) is 0 Å². The number of aromatic nitrogens is 4. The van der Waals surface area contributed by atoms with Crippen molar-refractivity contribution in [1.29, 1.82) is 0 Å². The molecule has 0 radical (unpaired) electrons. The monoisotopic (exact) mass is 822 g/mol. The second-order valence-electron chi connectivity index (χ2n) is 12.7. The van der Waals surface area contributed by atoms with Gasteiger partial charge in [0.05, 0.1) is 20.1 Å². The molecular formula is C34H39Cl5N12O2. The lowest BCUT2D eigenvalue weighted by molar-refractivity contribution is 0.0206. The van der Waals surface area contributed by atoms with Crippen LogP contribution in [0.4, 0.5) is 33.9 Å². The van der Waals surface area contributed by atoms with Gasteiger partial charge in [0.25, 0.3) is 11.9 Å². The summed E-state index contributed by atoms with van der Waals surface area (Å²) in [5, 5.41) is 11.2. The van der Waals surface area contributed by atoms with Gasteiger partial charge in [0, 0.05) is 48.0 Å². The maximum Gasteiger partial charge on any atom is 0.410 e. The quantitative estimate of drug-likeness (QED) is 0.0709. The lowest BCUT2D eigenvalue weighted by atomic mass is 10.1. The number of carbonyl (C=O) groups excluding carboxylic acids is 1. The average Bonchev–Trinajstić information content (AvgIpc) is 3.03. The van der Waals surface area contributed by atoms with Crippen LogP contribution < -0.4 is 27.4 Å². The average molecular weight is 825 g/mol. The molecule has 1 aliphatic heterocycles. The minimum atomic E-state index is -0.528. The summed E-state index contributed by atoms with van der Waals surface area (Å²) < 4.78 is 5.50. The molecule has 1 fully saturated rings. The fourth-order valence-corrected chi connectivity index (χ4v) is 5.58. The molecule has 19 heteroatoms. The van der Waals surface area contributed by atoms with Gasteiger partial charge in [-0.1, -0.05) is 58.0 Å². The molecule has 282 valence electrons. The number of likely N-dealkylation sites (tertiary alicyclic amines) is 1. The zero-order valence-electron chi connectivity index (χ0n) is 29.5. The van der Waals surface area contributed by atoms with E-state index in [0.717, 1.165) is 18.5 Å². The number of halogens is 5. The van der Waals surface area contributed by atoms with Crippen LogP contribution in [-0.4, -0.2) is 67.6 Å². The minimum Gasteiger partial charge on any atom is -0.444 e. The Kier molecular flexibility index (Phi) is 14.5. The number of guanidine groups is 2. The third-order valence-electron chi connectivity index (χ3n) is 6.90. The maximum absolute atomic E-state index is 12.4. The van der Waals surface area contributed by atoms with Gasteiger partial charge in [-0.2, -0.15) is 20.0 Å². The second-order valence-corrected chi connectivity index (χ2v) is 14.8. The number of anilines is 3. The van der Waals surface area contributed by atoms with Crippen molar-refractivity contribution >= 4 is 105 Å². The van der Waals surface area contributed by atoms with Gasteiger partial charge in [-0.3, -0.25) is 0 Å². The molecule has 1 atom stereocenters. The number of aryl methyl sites for hydroxylation is 2. The van der Waals surface area contributed by atoms with Gasteiger partial charge in [-0.25, -0.2) is 14.8 Å². The van der Waals surface area contributed by atoms with Crippen molar-refractivity contribution < 1.29 is 9.53 Å². The van der Waals surface area contributed by atoms with E-state index in [-0.39, 0.29) is 36.0 Å². The Labute approximate surface area is 332 Å². The van der Waals surface area contributed by atoms with Crippen LogP contribution in [0.2, 0.25) is 25.2 Å². The zero-order chi connectivity index (χ0) is 38.9. The molecule has 1 amide bonds. The number of hydrogen-bond donors (Lipinski definition) is 5. The Morgan fingerprint density at radius 1 is 0.792 bits per heavy atom. The van der Waals surface area contributed by atoms with E-state index in [2.05, 4.69) is 45.9 Å². The van der Waals surface area contributed by atoms with Crippen molar-refractivity contribution in [3.05, 3.63) is 85.2 Å². The number of nitrogens with zero attached hydrogens (tertiary/aromatic N) is 7. The number of nitrogens with one attached hydrogen (secondary N) is 3. The van der Waals surface area contributed by atoms with Crippen LogP contribution in [0.15, 0.2) is 58.5 Å². The summed E-state index contributed by atoms with van der Waals surface area (Å²) in [5.74, 6) is 1.23. The number of aliphatic imine (C=N–C) groups is 2. The van der Waals surface area contributed by atoms with Crippen LogP contribution in [-0.2, 0) is 4.74 Å². The van der Waals surface area contributed by atoms with Gasteiger partial charge in [-0.05, 0) is 89.9 Å². The summed E-state index contributed by atoms with van der Waals surface area (Å²) in [4.78, 5) is 39.3. The number of benzene rings is 2. The summed E-state index contributed by atoms with van der Waals surface area (Å²) in [7, 11) is 0. The third kappa shape index (κ3) is 13.9. The maximum atomic E-state index is 12.4. The van der Waals surface area contributed by atoms with Crippen molar-refractivity contribution in [3.63, 3.8) is 0 Å². The van der Waals surface area contributed by atoms with Crippen LogP contribution in [0.1, 0.15) is 45.0 Å². The van der Waals surface area contributed by atoms with Gasteiger partial charge >= 0.3 is 6.09 Å². The van der Waals surface area contributed by atoms with Crippen LogP contribution >= 0.6 is 58.0 Å². The van der Waals surface area contributed by atoms with E-state index in [1.54, 1.807) is 54.3 Å². The van der Waals surface area contributed by atoms with Gasteiger partial charge in [0.1, 0.15) is 16.6 Å². The van der Waals surface area contributed by atoms with E-state index in [1.165, 1.54) is 0 Å². The smallest absolute Gasteiger partial charge is 0.410 e. The van der Waals surface area contributed by atoms with Crippen molar-refractivity contribution in [2.45, 2.75) is 59.1 Å². The molecule has 4 aromatic rings. The summed E-state index contributed by atoms with van der Waals surface area (Å²) in [6, 6.07) is 13.5. The SMILES string of the molecule is Cc1cc(Cl)nc(N=C(N)Nc2ccc(Cl)c(Cl)c2)n1.Cc1cc(NC2CCCN(C(=O)OC(C)(C)C)C2)nc(N=C(N)Nc2ccc(Cl)c(Cl)c2)n1. The van der Waals surface area contributed by atoms with Crippen molar-refractivity contribution in [1.82, 2.24) is 24.8 Å². The van der Waals surface area contributed by atoms with E-state index in [0.29, 0.717) is 61.2 Å². The highest BCUT2D eigenvalue weighted by molar-refractivity contribution is 6.42. The van der Waals surface area contributed by atoms with Gasteiger partial charge in [0.15, 0.2) is 0 Å². The predicted octanol–water partition coefficient (Wildman–Crippen LogP) is 8.77. The zero-order valence-corrected chi connectivity index (χ0v) is 33.3. The number of carbonyl (C=O) groups is 1. The molecule has 1 saturated heterocycles. The van der Waals surface area contributed by atoms with Crippen molar-refractivity contribution in [2.75, 3.05) is 29.0 Å². The topological polar surface area (TPSA) is 194 Å². The molecule has 3 heterocycles. The van der Waals surface area contributed by atoms with E-state index in [4.69, 9.17) is 74.2 Å². The first kappa shape index (κ1) is 41.4. The summed E-state index contributed by atoms with van der Waals surface area (Å²) in [5.41, 5.74) is 14.0. The van der Waals surface area contributed by atoms with Gasteiger partial charge in [-0.15, -0.1) is 0 Å². The highest BCUT2D eigenvalue weighted by Gasteiger charge is 2.28. The standard InChI is InChI=1S/C22H29Cl2N7O2.C12H10Cl3N5/c1-13-10-18(27-15-6-5-9-31(12-15)21(32)33-22(2,3)4)29-20(26-13)30-19(25)28-14-7-8-16(23)17(24)11-14;1-6-4-10(15)19-12(17-6)20-11(16)18-7-2-3-8(13)9(14)5-7/h7-8,10-11,15H,5-6,9,12H2,1-4H3,(H4,25,26,27,28,29,30);2-5H,1H3,(H3,16,17,18,19,20). The number of hydrogen-bond acceptors (Lipinski definition) is 9. The summed E-state index contributed by atoms with van der Waals surface area (Å²) in [6.45, 7) is 10.4. The van der Waals surface area contributed by atoms with Gasteiger partial charge < -0.3 is 37.1 Å². The van der Waals surface area contributed by atoms with Gasteiger partial charge in [0.2, 0.25) is 11.9 Å². The van der Waals surface area contributed by atoms with Crippen LogP contribution in [0.25, 0.3) is 0 Å².